The van der Waals surface area contributed by atoms with Crippen molar-refractivity contribution in [2.75, 3.05) is 0 Å². The van der Waals surface area contributed by atoms with E-state index in [1.54, 1.807) is 0 Å². The molecule has 0 N–H and O–H groups in total. The van der Waals surface area contributed by atoms with Crippen LogP contribution in [0.2, 0.25) is 0 Å². The summed E-state index contributed by atoms with van der Waals surface area (Å²) >= 11 is -2.13. The molecule has 0 saturated carbocycles. The van der Waals surface area contributed by atoms with E-state index in [-0.39, 0.29) is 0 Å². The third kappa shape index (κ3) is 3.67. The number of halogens is 1. The second-order valence-corrected chi connectivity index (χ2v) is 19.4. The zero-order valence-corrected chi connectivity index (χ0v) is 19.5. The molecule has 3 heteroatoms. The second kappa shape index (κ2) is 8.41. The molecule has 5 rings (SSSR count). The van der Waals surface area contributed by atoms with Gasteiger partial charge in [0.05, 0.1) is 0 Å². The zero-order chi connectivity index (χ0) is 19.6. The first kappa shape index (κ1) is 19.0. The van der Waals surface area contributed by atoms with Crippen LogP contribution in [0.15, 0.2) is 115 Å². The van der Waals surface area contributed by atoms with Crippen LogP contribution in [0.25, 0.3) is 21.5 Å². The topological polar surface area (TPSA) is 0 Å². The molecule has 0 bridgehead atoms. The molecular formula is C26H19ClPPt. The Morgan fingerprint density at radius 1 is 0.517 bits per heavy atom. The Morgan fingerprint density at radius 3 is 1.41 bits per heavy atom. The summed E-state index contributed by atoms with van der Waals surface area (Å²) in [5, 5.41) is 7.91. The number of benzene rings is 5. The quantitative estimate of drug-likeness (QED) is 0.167. The molecule has 0 unspecified atom stereocenters. The van der Waals surface area contributed by atoms with Crippen LogP contribution in [0.1, 0.15) is 0 Å². The van der Waals surface area contributed by atoms with Gasteiger partial charge in [-0.2, -0.15) is 0 Å². The molecule has 5 aromatic carbocycles. The first-order chi connectivity index (χ1) is 14.3. The molecule has 0 heterocycles. The van der Waals surface area contributed by atoms with E-state index in [4.69, 9.17) is 9.42 Å². The first-order valence-corrected chi connectivity index (χ1v) is 17.6. The van der Waals surface area contributed by atoms with Gasteiger partial charge in [-0.3, -0.25) is 0 Å². The second-order valence-electron chi connectivity index (χ2n) is 6.71. The van der Waals surface area contributed by atoms with Gasteiger partial charge in [-0.25, -0.2) is 0 Å². The van der Waals surface area contributed by atoms with Gasteiger partial charge in [0.2, 0.25) is 0 Å². The summed E-state index contributed by atoms with van der Waals surface area (Å²) in [7, 11) is 7.59. The summed E-state index contributed by atoms with van der Waals surface area (Å²) in [5.41, 5.74) is 0. The Kier molecular flexibility index (Phi) is 5.52. The molecule has 29 heavy (non-hydrogen) atoms. The van der Waals surface area contributed by atoms with E-state index in [0.717, 1.165) is 0 Å². The molecule has 0 aliphatic heterocycles. The van der Waals surface area contributed by atoms with Crippen LogP contribution < -0.4 is 14.6 Å². The maximum absolute atomic E-state index is 7.59. The maximum atomic E-state index is 7.59. The average Bonchev–Trinajstić information content (AvgIpc) is 2.79. The van der Waals surface area contributed by atoms with Gasteiger partial charge in [-0.15, -0.1) is 0 Å². The van der Waals surface area contributed by atoms with E-state index >= 15 is 0 Å². The molecule has 0 saturated heterocycles. The Labute approximate surface area is 181 Å². The fourth-order valence-corrected chi connectivity index (χ4v) is 19.1. The predicted molar refractivity (Wildman–Crippen MR) is 126 cm³/mol. The monoisotopic (exact) mass is 592 g/mol. The standard InChI is InChI=1S/C14H9.C12H10P.ClH.Pt/c1-2-6-12-10-14-8-4-3-7-13(14)9-11(12)5-1;1-3-7-11(8-4-1)13-12-9-5-2-6-10-12;;/h1-9H;1-10H;1H;/q;-1;;+2/p-1. The molecule has 0 spiro atoms. The third-order valence-corrected chi connectivity index (χ3v) is 19.7. The fraction of sp³-hybridized carbons (Fsp3) is 0. The summed E-state index contributed by atoms with van der Waals surface area (Å²) in [4.78, 5) is 0. The Balaban J connectivity index is 1.80. The zero-order valence-electron chi connectivity index (χ0n) is 15.6. The Morgan fingerprint density at radius 2 is 0.931 bits per heavy atom. The molecule has 0 aliphatic rings. The third-order valence-electron chi connectivity index (χ3n) is 4.86. The number of hydrogen-bond acceptors (Lipinski definition) is 0. The molecule has 0 radical (unpaired) electrons. The minimum absolute atomic E-state index is 0.612. The first-order valence-electron chi connectivity index (χ1n) is 9.42. The van der Waals surface area contributed by atoms with Crippen molar-refractivity contribution >= 4 is 51.5 Å². The molecule has 145 valence electrons. The summed E-state index contributed by atoms with van der Waals surface area (Å²) in [6, 6.07) is 40.8. The van der Waals surface area contributed by atoms with E-state index in [1.165, 1.54) is 36.1 Å². The van der Waals surface area contributed by atoms with Gasteiger partial charge in [0.1, 0.15) is 0 Å². The fourth-order valence-electron chi connectivity index (χ4n) is 3.53. The van der Waals surface area contributed by atoms with Gasteiger partial charge >= 0.3 is 183 Å². The van der Waals surface area contributed by atoms with Crippen molar-refractivity contribution in [2.24, 2.45) is 0 Å². The van der Waals surface area contributed by atoms with Crippen molar-refractivity contribution in [3.05, 3.63) is 115 Å². The average molecular weight is 593 g/mol. The van der Waals surface area contributed by atoms with Crippen LogP contribution >= 0.6 is 15.4 Å². The molecule has 0 fully saturated rings. The van der Waals surface area contributed by atoms with Crippen molar-refractivity contribution in [3.8, 4) is 0 Å². The summed E-state index contributed by atoms with van der Waals surface area (Å²) in [6.07, 6.45) is 0. The van der Waals surface area contributed by atoms with Crippen LogP contribution in [0.4, 0.5) is 0 Å². The number of hydrogen-bond donors (Lipinski definition) is 0. The Hall–Kier alpha value is -1.97. The van der Waals surface area contributed by atoms with Crippen LogP contribution in [-0.2, 0) is 15.8 Å². The van der Waals surface area contributed by atoms with Crippen molar-refractivity contribution in [3.63, 3.8) is 0 Å². The van der Waals surface area contributed by atoms with Gasteiger partial charge < -0.3 is 0 Å². The SMILES string of the molecule is [Cl][Pt]([c]1c2ccccc2cc2ccccc12)[P](c1ccccc1)c1ccccc1. The van der Waals surface area contributed by atoms with Crippen LogP contribution in [0, 0.1) is 0 Å². The van der Waals surface area contributed by atoms with Gasteiger partial charge in [0.15, 0.2) is 0 Å². The normalized spacial score (nSPS) is 11.9. The molecule has 0 nitrogen and oxygen atoms in total. The van der Waals surface area contributed by atoms with Crippen molar-refractivity contribution < 1.29 is 15.8 Å². The van der Waals surface area contributed by atoms with E-state index < -0.39 is 21.8 Å². The summed E-state index contributed by atoms with van der Waals surface area (Å²) in [5.74, 6) is 0. The van der Waals surface area contributed by atoms with Gasteiger partial charge in [0.25, 0.3) is 0 Å². The van der Waals surface area contributed by atoms with Crippen molar-refractivity contribution in [1.29, 1.82) is 0 Å². The minimum atomic E-state index is -2.13. The molecular weight excluding hydrogens is 574 g/mol. The van der Waals surface area contributed by atoms with E-state index in [2.05, 4.69) is 115 Å². The van der Waals surface area contributed by atoms with E-state index in [0.29, 0.717) is 0 Å². The van der Waals surface area contributed by atoms with Crippen LogP contribution in [0.5, 0.6) is 0 Å². The summed E-state index contributed by atoms with van der Waals surface area (Å²) < 4.78 is 1.39. The molecule has 0 aromatic heterocycles. The Bertz CT molecular complexity index is 1180. The van der Waals surface area contributed by atoms with Gasteiger partial charge in [0, 0.05) is 0 Å². The van der Waals surface area contributed by atoms with Gasteiger partial charge in [-0.05, 0) is 0 Å². The van der Waals surface area contributed by atoms with Crippen molar-refractivity contribution in [2.45, 2.75) is 0 Å². The van der Waals surface area contributed by atoms with Crippen LogP contribution in [0.3, 0.4) is 0 Å². The van der Waals surface area contributed by atoms with E-state index in [1.807, 2.05) is 0 Å². The number of rotatable bonds is 4. The molecule has 5 aromatic rings. The van der Waals surface area contributed by atoms with Crippen molar-refractivity contribution in [1.82, 2.24) is 0 Å². The molecule has 0 atom stereocenters. The van der Waals surface area contributed by atoms with Crippen LogP contribution in [-0.4, -0.2) is 0 Å². The predicted octanol–water partition coefficient (Wildman–Crippen LogP) is 6.44. The molecule has 0 aliphatic carbocycles. The molecule has 0 amide bonds. The summed E-state index contributed by atoms with van der Waals surface area (Å²) in [6.45, 7) is 0. The van der Waals surface area contributed by atoms with E-state index in [9.17, 15) is 0 Å². The number of fused-ring (bicyclic) bond motifs is 2. The van der Waals surface area contributed by atoms with Gasteiger partial charge in [-0.1, -0.05) is 0 Å².